The molecule has 6 nitrogen and oxygen atoms in total. The highest BCUT2D eigenvalue weighted by Crippen LogP contribution is 2.32. The Morgan fingerprint density at radius 2 is 1.81 bits per heavy atom. The van der Waals surface area contributed by atoms with Crippen molar-refractivity contribution in [3.8, 4) is 11.3 Å². The monoisotopic (exact) mass is 370 g/mol. The number of benzene rings is 2. The number of non-ortho nitro benzene ring substituents is 1. The maximum atomic E-state index is 12.5. The Hall–Kier alpha value is -3.12. The molecule has 7 heteroatoms. The normalized spacial score (nSPS) is 10.6. The molecule has 1 heterocycles. The van der Waals surface area contributed by atoms with Crippen LogP contribution in [-0.2, 0) is 0 Å². The summed E-state index contributed by atoms with van der Waals surface area (Å²) in [6.07, 6.45) is 0. The molecule has 3 aromatic rings. The quantitative estimate of drug-likeness (QED) is 0.493. The van der Waals surface area contributed by atoms with Crippen molar-refractivity contribution < 1.29 is 14.1 Å². The Bertz CT molecular complexity index is 990. The third kappa shape index (κ3) is 3.45. The number of hydrogen-bond donors (Lipinski definition) is 1. The molecule has 1 amide bonds. The number of carbonyl (C=O) groups is 1. The van der Waals surface area contributed by atoms with Crippen LogP contribution in [0.25, 0.3) is 11.3 Å². The minimum atomic E-state index is -0.527. The topological polar surface area (TPSA) is 85.4 Å². The first-order valence-corrected chi connectivity index (χ1v) is 8.16. The Morgan fingerprint density at radius 1 is 1.12 bits per heavy atom. The third-order valence-corrected chi connectivity index (χ3v) is 4.29. The lowest BCUT2D eigenvalue weighted by Gasteiger charge is -2.10. The molecule has 0 bridgehead atoms. The molecule has 0 unspecified atom stereocenters. The van der Waals surface area contributed by atoms with E-state index in [4.69, 9.17) is 16.0 Å². The van der Waals surface area contributed by atoms with Crippen molar-refractivity contribution in [3.05, 3.63) is 80.6 Å². The lowest BCUT2D eigenvalue weighted by Crippen LogP contribution is -2.12. The summed E-state index contributed by atoms with van der Waals surface area (Å²) in [7, 11) is 0. The molecule has 0 radical (unpaired) electrons. The maximum Gasteiger partial charge on any atom is 0.291 e. The average Bonchev–Trinajstić information content (AvgIpc) is 3.08. The summed E-state index contributed by atoms with van der Waals surface area (Å²) in [6.45, 7) is 3.82. The highest BCUT2D eigenvalue weighted by atomic mass is 35.5. The molecule has 0 fully saturated rings. The Morgan fingerprint density at radius 3 is 2.42 bits per heavy atom. The van der Waals surface area contributed by atoms with Gasteiger partial charge in [0, 0.05) is 23.4 Å². The summed E-state index contributed by atoms with van der Waals surface area (Å²) in [5.41, 5.74) is 3.00. The minimum absolute atomic E-state index is 0.113. The molecule has 1 N–H and O–H groups in total. The van der Waals surface area contributed by atoms with E-state index in [1.807, 2.05) is 32.0 Å². The van der Waals surface area contributed by atoms with Gasteiger partial charge < -0.3 is 9.73 Å². The smallest absolute Gasteiger partial charge is 0.291 e. The van der Waals surface area contributed by atoms with Gasteiger partial charge in [0.25, 0.3) is 11.6 Å². The number of carbonyl (C=O) groups excluding carboxylic acids is 1. The predicted octanol–water partition coefficient (Wildman–Crippen LogP) is 5.38. The van der Waals surface area contributed by atoms with E-state index in [1.54, 1.807) is 6.07 Å². The van der Waals surface area contributed by atoms with Crippen LogP contribution in [0.1, 0.15) is 21.7 Å². The fourth-order valence-corrected chi connectivity index (χ4v) is 2.88. The second-order valence-electron chi connectivity index (χ2n) is 5.81. The van der Waals surface area contributed by atoms with Gasteiger partial charge in [0.15, 0.2) is 5.76 Å². The van der Waals surface area contributed by atoms with Crippen molar-refractivity contribution in [1.29, 1.82) is 0 Å². The van der Waals surface area contributed by atoms with Crippen molar-refractivity contribution in [3.63, 3.8) is 0 Å². The van der Waals surface area contributed by atoms with Gasteiger partial charge in [-0.05, 0) is 43.2 Å². The molecular weight excluding hydrogens is 356 g/mol. The standard InChI is InChI=1S/C19H15ClN2O4/c1-11-4-3-5-12(2)18(11)21-19(23)17-9-8-16(26-17)14-7-6-13(22(24)25)10-15(14)20/h3-10H,1-2H3,(H,21,23). The Kier molecular flexibility index (Phi) is 4.77. The zero-order valence-electron chi connectivity index (χ0n) is 14.1. The minimum Gasteiger partial charge on any atom is -0.451 e. The number of halogens is 1. The number of anilines is 1. The number of aryl methyl sites for hydroxylation is 2. The van der Waals surface area contributed by atoms with Crippen LogP contribution in [0, 0.1) is 24.0 Å². The van der Waals surface area contributed by atoms with Crippen molar-refractivity contribution >= 4 is 28.9 Å². The summed E-state index contributed by atoms with van der Waals surface area (Å²) in [4.78, 5) is 22.7. The molecule has 0 aliphatic heterocycles. The van der Waals surface area contributed by atoms with Gasteiger partial charge >= 0.3 is 0 Å². The van der Waals surface area contributed by atoms with E-state index < -0.39 is 4.92 Å². The van der Waals surface area contributed by atoms with Crippen LogP contribution in [0.2, 0.25) is 5.02 Å². The lowest BCUT2D eigenvalue weighted by molar-refractivity contribution is -0.384. The number of nitro groups is 1. The van der Waals surface area contributed by atoms with Crippen LogP contribution >= 0.6 is 11.6 Å². The van der Waals surface area contributed by atoms with Crippen LogP contribution < -0.4 is 5.32 Å². The van der Waals surface area contributed by atoms with Crippen LogP contribution in [0.3, 0.4) is 0 Å². The summed E-state index contributed by atoms with van der Waals surface area (Å²) in [6, 6.07) is 13.0. The van der Waals surface area contributed by atoms with Gasteiger partial charge in [0.2, 0.25) is 0 Å². The molecule has 26 heavy (non-hydrogen) atoms. The first kappa shape index (κ1) is 17.7. The van der Waals surface area contributed by atoms with E-state index in [9.17, 15) is 14.9 Å². The molecule has 3 rings (SSSR count). The molecule has 0 saturated carbocycles. The third-order valence-electron chi connectivity index (χ3n) is 3.98. The van der Waals surface area contributed by atoms with Crippen molar-refractivity contribution in [2.45, 2.75) is 13.8 Å². The van der Waals surface area contributed by atoms with Crippen molar-refractivity contribution in [1.82, 2.24) is 0 Å². The summed E-state index contributed by atoms with van der Waals surface area (Å²) in [5, 5.41) is 13.8. The maximum absolute atomic E-state index is 12.5. The van der Waals surface area contributed by atoms with Gasteiger partial charge in [-0.25, -0.2) is 0 Å². The number of rotatable bonds is 4. The zero-order chi connectivity index (χ0) is 18.8. The predicted molar refractivity (Wildman–Crippen MR) is 99.7 cm³/mol. The van der Waals surface area contributed by atoms with Gasteiger partial charge in [-0.15, -0.1) is 0 Å². The molecular formula is C19H15ClN2O4. The van der Waals surface area contributed by atoms with Gasteiger partial charge in [-0.2, -0.15) is 0 Å². The number of hydrogen-bond acceptors (Lipinski definition) is 4. The molecule has 0 aliphatic rings. The number of nitro benzene ring substituents is 1. The largest absolute Gasteiger partial charge is 0.451 e. The van der Waals surface area contributed by atoms with E-state index in [0.717, 1.165) is 16.8 Å². The van der Waals surface area contributed by atoms with E-state index in [2.05, 4.69) is 5.32 Å². The van der Waals surface area contributed by atoms with Crippen LogP contribution in [0.5, 0.6) is 0 Å². The fourth-order valence-electron chi connectivity index (χ4n) is 2.61. The number of nitrogens with one attached hydrogen (secondary N) is 1. The number of furan rings is 1. The molecule has 132 valence electrons. The molecule has 0 atom stereocenters. The van der Waals surface area contributed by atoms with Crippen LogP contribution in [0.15, 0.2) is 52.9 Å². The molecule has 0 saturated heterocycles. The van der Waals surface area contributed by atoms with Crippen molar-refractivity contribution in [2.75, 3.05) is 5.32 Å². The highest BCUT2D eigenvalue weighted by Gasteiger charge is 2.17. The number of para-hydroxylation sites is 1. The van der Waals surface area contributed by atoms with Crippen LogP contribution in [0.4, 0.5) is 11.4 Å². The molecule has 2 aromatic carbocycles. The summed E-state index contributed by atoms with van der Waals surface area (Å²) >= 11 is 6.10. The number of nitrogens with zero attached hydrogens (tertiary/aromatic N) is 1. The SMILES string of the molecule is Cc1cccc(C)c1NC(=O)c1ccc(-c2ccc([N+](=O)[O-])cc2Cl)o1. The first-order chi connectivity index (χ1) is 12.4. The average molecular weight is 371 g/mol. The Balaban J connectivity index is 1.86. The molecule has 0 aliphatic carbocycles. The van der Waals surface area contributed by atoms with Gasteiger partial charge in [-0.1, -0.05) is 29.8 Å². The summed E-state index contributed by atoms with van der Waals surface area (Å²) in [5.74, 6) is 0.0975. The second-order valence-corrected chi connectivity index (χ2v) is 6.21. The first-order valence-electron chi connectivity index (χ1n) is 7.78. The van der Waals surface area contributed by atoms with Gasteiger partial charge in [0.05, 0.1) is 9.95 Å². The highest BCUT2D eigenvalue weighted by molar-refractivity contribution is 6.33. The van der Waals surface area contributed by atoms with E-state index >= 15 is 0 Å². The molecule has 1 aromatic heterocycles. The van der Waals surface area contributed by atoms with Gasteiger partial charge in [-0.3, -0.25) is 14.9 Å². The lowest BCUT2D eigenvalue weighted by atomic mass is 10.1. The second kappa shape index (κ2) is 7.01. The number of amides is 1. The Labute approximate surface area is 154 Å². The van der Waals surface area contributed by atoms with Crippen molar-refractivity contribution in [2.24, 2.45) is 0 Å². The summed E-state index contributed by atoms with van der Waals surface area (Å²) < 4.78 is 5.60. The van der Waals surface area contributed by atoms with E-state index in [0.29, 0.717) is 11.3 Å². The molecule has 0 spiro atoms. The fraction of sp³-hybridized carbons (Fsp3) is 0.105. The van der Waals surface area contributed by atoms with Crippen LogP contribution in [-0.4, -0.2) is 10.8 Å². The van der Waals surface area contributed by atoms with E-state index in [1.165, 1.54) is 24.3 Å². The van der Waals surface area contributed by atoms with Gasteiger partial charge in [0.1, 0.15) is 5.76 Å². The van der Waals surface area contributed by atoms with E-state index in [-0.39, 0.29) is 22.4 Å². The zero-order valence-corrected chi connectivity index (χ0v) is 14.8.